The van der Waals surface area contributed by atoms with Crippen molar-refractivity contribution in [3.05, 3.63) is 48.2 Å². The van der Waals surface area contributed by atoms with Crippen LogP contribution in [-0.4, -0.2) is 6.29 Å². The summed E-state index contributed by atoms with van der Waals surface area (Å²) >= 11 is 0. The lowest BCUT2D eigenvalue weighted by Gasteiger charge is -1.92. The van der Waals surface area contributed by atoms with Crippen LogP contribution in [0.5, 0.6) is 0 Å². The van der Waals surface area contributed by atoms with E-state index in [2.05, 4.69) is 0 Å². The van der Waals surface area contributed by atoms with Crippen LogP contribution < -0.4 is 0 Å². The monoisotopic (exact) mass is 236 g/mol. The molecule has 0 aliphatic heterocycles. The van der Waals surface area contributed by atoms with Crippen molar-refractivity contribution in [3.8, 4) is 0 Å². The minimum absolute atomic E-state index is 0.616. The van der Waals surface area contributed by atoms with Gasteiger partial charge in [-0.2, -0.15) is 0 Å². The molecular weight excluding hydrogens is 228 g/mol. The number of rotatable bonds is 1. The van der Waals surface area contributed by atoms with Crippen LogP contribution in [0.4, 0.5) is 0 Å². The van der Waals surface area contributed by atoms with Gasteiger partial charge in [0.05, 0.1) is 6.26 Å². The Morgan fingerprint density at radius 1 is 0.889 bits per heavy atom. The standard InChI is InChI=1S/C15H8O3/c16-8-9-1-2-10-14(7-9)18-13-4-3-12-11(15(10)13)5-6-17-12/h1-8H. The lowest BCUT2D eigenvalue weighted by Crippen LogP contribution is -1.76. The van der Waals surface area contributed by atoms with Gasteiger partial charge in [-0.1, -0.05) is 6.07 Å². The van der Waals surface area contributed by atoms with Gasteiger partial charge in [-0.15, -0.1) is 0 Å². The molecule has 0 spiro atoms. The maximum absolute atomic E-state index is 10.8. The third-order valence-corrected chi connectivity index (χ3v) is 3.23. The van der Waals surface area contributed by atoms with Crippen LogP contribution in [0.3, 0.4) is 0 Å². The number of aldehydes is 1. The maximum Gasteiger partial charge on any atom is 0.150 e. The summed E-state index contributed by atoms with van der Waals surface area (Å²) in [7, 11) is 0. The Bertz CT molecular complexity index is 896. The average molecular weight is 236 g/mol. The Balaban J connectivity index is 2.28. The highest BCUT2D eigenvalue weighted by molar-refractivity contribution is 6.18. The van der Waals surface area contributed by atoms with Crippen LogP contribution in [0.1, 0.15) is 10.4 Å². The molecule has 0 aliphatic rings. The van der Waals surface area contributed by atoms with E-state index in [9.17, 15) is 4.79 Å². The van der Waals surface area contributed by atoms with Gasteiger partial charge in [-0.25, -0.2) is 0 Å². The van der Waals surface area contributed by atoms with Crippen molar-refractivity contribution in [2.75, 3.05) is 0 Å². The fourth-order valence-corrected chi connectivity index (χ4v) is 2.41. The topological polar surface area (TPSA) is 43.4 Å². The molecule has 2 aromatic carbocycles. The summed E-state index contributed by atoms with van der Waals surface area (Å²) in [4.78, 5) is 10.8. The van der Waals surface area contributed by atoms with Gasteiger partial charge in [-0.05, 0) is 30.3 Å². The van der Waals surface area contributed by atoms with Gasteiger partial charge in [-0.3, -0.25) is 4.79 Å². The number of benzene rings is 2. The molecule has 0 N–H and O–H groups in total. The molecule has 0 unspecified atom stereocenters. The van der Waals surface area contributed by atoms with E-state index in [0.29, 0.717) is 5.56 Å². The van der Waals surface area contributed by atoms with Crippen molar-refractivity contribution in [2.24, 2.45) is 0 Å². The highest BCUT2D eigenvalue weighted by atomic mass is 16.3. The number of carbonyl (C=O) groups excluding carboxylic acids is 1. The van der Waals surface area contributed by atoms with E-state index in [1.165, 1.54) is 0 Å². The van der Waals surface area contributed by atoms with Gasteiger partial charge in [0, 0.05) is 21.7 Å². The van der Waals surface area contributed by atoms with Crippen molar-refractivity contribution in [3.63, 3.8) is 0 Å². The normalized spacial score (nSPS) is 11.6. The van der Waals surface area contributed by atoms with Crippen molar-refractivity contribution >= 4 is 39.2 Å². The second-order valence-electron chi connectivity index (χ2n) is 4.25. The molecule has 2 heterocycles. The number of hydrogen-bond donors (Lipinski definition) is 0. The molecule has 2 aromatic heterocycles. The predicted molar refractivity (Wildman–Crippen MR) is 68.9 cm³/mol. The van der Waals surface area contributed by atoms with E-state index in [0.717, 1.165) is 39.2 Å². The number of carbonyl (C=O) groups is 1. The Kier molecular flexibility index (Phi) is 1.70. The molecule has 18 heavy (non-hydrogen) atoms. The summed E-state index contributed by atoms with van der Waals surface area (Å²) in [6, 6.07) is 11.2. The van der Waals surface area contributed by atoms with Crippen LogP contribution in [-0.2, 0) is 0 Å². The Morgan fingerprint density at radius 2 is 1.72 bits per heavy atom. The van der Waals surface area contributed by atoms with Gasteiger partial charge < -0.3 is 8.83 Å². The first-order valence-corrected chi connectivity index (χ1v) is 5.64. The van der Waals surface area contributed by atoms with Gasteiger partial charge in [0.2, 0.25) is 0 Å². The average Bonchev–Trinajstić information content (AvgIpc) is 3.00. The summed E-state index contributed by atoms with van der Waals surface area (Å²) in [6.45, 7) is 0. The third kappa shape index (κ3) is 1.10. The molecule has 0 radical (unpaired) electrons. The SMILES string of the molecule is O=Cc1ccc2c(c1)oc1ccc3occc3c12. The summed E-state index contributed by atoms with van der Waals surface area (Å²) < 4.78 is 11.2. The molecule has 0 aliphatic carbocycles. The van der Waals surface area contributed by atoms with Crippen LogP contribution >= 0.6 is 0 Å². The molecule has 0 bridgehead atoms. The first kappa shape index (κ1) is 9.48. The number of hydrogen-bond acceptors (Lipinski definition) is 3. The largest absolute Gasteiger partial charge is 0.464 e. The first-order valence-electron chi connectivity index (χ1n) is 5.64. The quantitative estimate of drug-likeness (QED) is 0.466. The molecule has 3 nitrogen and oxygen atoms in total. The van der Waals surface area contributed by atoms with Crippen molar-refractivity contribution < 1.29 is 13.6 Å². The van der Waals surface area contributed by atoms with Crippen molar-refractivity contribution in [1.29, 1.82) is 0 Å². The lowest BCUT2D eigenvalue weighted by atomic mass is 10.1. The second kappa shape index (κ2) is 3.23. The van der Waals surface area contributed by atoms with Gasteiger partial charge in [0.25, 0.3) is 0 Å². The molecule has 4 aromatic rings. The van der Waals surface area contributed by atoms with Crippen molar-refractivity contribution in [1.82, 2.24) is 0 Å². The van der Waals surface area contributed by atoms with E-state index in [4.69, 9.17) is 8.83 Å². The van der Waals surface area contributed by atoms with Gasteiger partial charge >= 0.3 is 0 Å². The van der Waals surface area contributed by atoms with Gasteiger partial charge in [0.1, 0.15) is 23.0 Å². The van der Waals surface area contributed by atoms with E-state index >= 15 is 0 Å². The second-order valence-corrected chi connectivity index (χ2v) is 4.25. The predicted octanol–water partition coefficient (Wildman–Crippen LogP) is 4.14. The van der Waals surface area contributed by atoms with E-state index < -0.39 is 0 Å². The Morgan fingerprint density at radius 3 is 2.61 bits per heavy atom. The molecule has 0 saturated carbocycles. The lowest BCUT2D eigenvalue weighted by molar-refractivity contribution is 0.112. The minimum Gasteiger partial charge on any atom is -0.464 e. The molecule has 86 valence electrons. The maximum atomic E-state index is 10.8. The smallest absolute Gasteiger partial charge is 0.150 e. The van der Waals surface area contributed by atoms with E-state index in [1.807, 2.05) is 24.3 Å². The summed E-state index contributed by atoms with van der Waals surface area (Å²) in [5, 5.41) is 3.07. The van der Waals surface area contributed by atoms with Crippen molar-refractivity contribution in [2.45, 2.75) is 0 Å². The summed E-state index contributed by atoms with van der Waals surface area (Å²) in [5.74, 6) is 0. The zero-order valence-electron chi connectivity index (χ0n) is 9.34. The molecule has 3 heteroatoms. The molecule has 4 rings (SSSR count). The van der Waals surface area contributed by atoms with Crippen LogP contribution in [0.25, 0.3) is 32.9 Å². The third-order valence-electron chi connectivity index (χ3n) is 3.23. The molecule has 0 atom stereocenters. The van der Waals surface area contributed by atoms with E-state index in [-0.39, 0.29) is 0 Å². The number of fused-ring (bicyclic) bond motifs is 5. The zero-order valence-corrected chi connectivity index (χ0v) is 9.34. The van der Waals surface area contributed by atoms with Crippen LogP contribution in [0, 0.1) is 0 Å². The molecular formula is C15H8O3. The summed E-state index contributed by atoms with van der Waals surface area (Å²) in [5.41, 5.74) is 2.99. The molecule has 0 amide bonds. The highest BCUT2D eigenvalue weighted by Gasteiger charge is 2.11. The van der Waals surface area contributed by atoms with Gasteiger partial charge in [0.15, 0.2) is 0 Å². The Labute approximate surface area is 102 Å². The fourth-order valence-electron chi connectivity index (χ4n) is 2.41. The zero-order chi connectivity index (χ0) is 12.1. The minimum atomic E-state index is 0.616. The van der Waals surface area contributed by atoms with Crippen LogP contribution in [0.2, 0.25) is 0 Å². The molecule has 0 saturated heterocycles. The first-order chi connectivity index (χ1) is 8.86. The highest BCUT2D eigenvalue weighted by Crippen LogP contribution is 2.35. The molecule has 0 fully saturated rings. The fraction of sp³-hybridized carbons (Fsp3) is 0. The summed E-state index contributed by atoms with van der Waals surface area (Å²) in [6.07, 6.45) is 2.49. The van der Waals surface area contributed by atoms with E-state index in [1.54, 1.807) is 18.4 Å². The Hall–Kier alpha value is -2.55. The number of furan rings is 2. The van der Waals surface area contributed by atoms with Crippen LogP contribution in [0.15, 0.2) is 51.5 Å².